The minimum Gasteiger partial charge on any atom is -0.393 e. The fourth-order valence-electron chi connectivity index (χ4n) is 14.4. The van der Waals surface area contributed by atoms with E-state index < -0.39 is 35.2 Å². The monoisotopic (exact) mass is 629 g/mol. The zero-order valence-corrected chi connectivity index (χ0v) is 31.0. The van der Waals surface area contributed by atoms with Crippen molar-refractivity contribution in [2.75, 3.05) is 0 Å². The van der Waals surface area contributed by atoms with Crippen LogP contribution in [-0.2, 0) is 0 Å². The summed E-state index contributed by atoms with van der Waals surface area (Å²) in [4.78, 5) is 0. The maximum Gasteiger partial charge on any atom is 0.0994 e. The lowest BCUT2D eigenvalue weighted by Gasteiger charge is -2.75. The zero-order valence-electron chi connectivity index (χ0n) is 31.0. The van der Waals surface area contributed by atoms with Crippen molar-refractivity contribution in [3.63, 3.8) is 0 Å². The first-order valence-corrected chi connectivity index (χ1v) is 19.2. The lowest BCUT2D eigenvalue weighted by atomic mass is 9.31. The van der Waals surface area contributed by atoms with Gasteiger partial charge in [-0.1, -0.05) is 101 Å². The van der Waals surface area contributed by atoms with Gasteiger partial charge in [0.05, 0.1) is 23.9 Å². The van der Waals surface area contributed by atoms with Gasteiger partial charge in [0.1, 0.15) is 0 Å². The van der Waals surface area contributed by atoms with Crippen LogP contribution in [0, 0.1) is 87.3 Å². The highest BCUT2D eigenvalue weighted by Gasteiger charge is 2.76. The molecule has 5 rings (SSSR count). The number of aliphatic hydroxyl groups excluding tert-OH is 3. The van der Waals surface area contributed by atoms with Gasteiger partial charge < -0.3 is 20.4 Å². The summed E-state index contributed by atoms with van der Waals surface area (Å²) in [5.41, 5.74) is -0.535. The van der Waals surface area contributed by atoms with Crippen LogP contribution in [0.5, 0.6) is 0 Å². The molecule has 4 nitrogen and oxygen atoms in total. The van der Waals surface area contributed by atoms with Crippen LogP contribution >= 0.6 is 0 Å². The molecule has 0 aliphatic heterocycles. The second kappa shape index (κ2) is 12.2. The molecular formula is C41H72O4. The average molecular weight is 629 g/mol. The molecule has 5 aliphatic carbocycles. The fourth-order valence-corrected chi connectivity index (χ4v) is 14.4. The minimum atomic E-state index is -1.41. The van der Waals surface area contributed by atoms with Crippen LogP contribution < -0.4 is 0 Å². The van der Waals surface area contributed by atoms with E-state index in [0.29, 0.717) is 40.9 Å². The molecular weight excluding hydrogens is 556 g/mol. The first-order chi connectivity index (χ1) is 20.7. The highest BCUT2D eigenvalue weighted by molar-refractivity contribution is 5.26. The van der Waals surface area contributed by atoms with Crippen LogP contribution in [0.25, 0.3) is 0 Å². The lowest BCUT2D eigenvalue weighted by molar-refractivity contribution is -0.345. The first kappa shape index (κ1) is 35.9. The van der Waals surface area contributed by atoms with E-state index in [1.54, 1.807) is 6.92 Å². The first-order valence-electron chi connectivity index (χ1n) is 19.2. The van der Waals surface area contributed by atoms with Crippen molar-refractivity contribution in [1.29, 1.82) is 0 Å². The van der Waals surface area contributed by atoms with E-state index in [9.17, 15) is 20.4 Å². The number of rotatable bonds is 6. The number of fused-ring (bicyclic) bond motifs is 3. The van der Waals surface area contributed by atoms with Gasteiger partial charge in [0.2, 0.25) is 0 Å². The SMILES string of the molecule is C=C(CC1C2(C)C(C)C3CCCC(C)C3C(O)C2C(C)C2(O)C(O)C(C(C)O)C(C)CC12C)C1CCCC1C(C)CC(C)(C)C. The number of hydrogen-bond donors (Lipinski definition) is 4. The van der Waals surface area contributed by atoms with Gasteiger partial charge in [0, 0.05) is 11.3 Å². The zero-order chi connectivity index (χ0) is 33.6. The average Bonchev–Trinajstić information content (AvgIpc) is 3.42. The Morgan fingerprint density at radius 1 is 0.911 bits per heavy atom. The smallest absolute Gasteiger partial charge is 0.0994 e. The van der Waals surface area contributed by atoms with Crippen molar-refractivity contribution in [1.82, 2.24) is 0 Å². The Hall–Kier alpha value is -0.420. The standard InChI is InChI=1S/C41H72O4/c1-22-15-13-18-31-26(5)40(12)32(19-23(2)29-16-14-17-30(29)24(3)20-38(8,9)10)39(11)21-25(4)33(28(7)42)37(44)41(39,45)27(6)35(40)36(43)34(22)31/h22,24-37,42-45H,2,13-21H2,1,3-12H3. The van der Waals surface area contributed by atoms with Gasteiger partial charge in [-0.25, -0.2) is 0 Å². The number of aliphatic hydroxyl groups is 4. The summed E-state index contributed by atoms with van der Waals surface area (Å²) in [6.07, 6.45) is 7.87. The molecule has 4 heteroatoms. The molecule has 0 aromatic rings. The summed E-state index contributed by atoms with van der Waals surface area (Å²) >= 11 is 0. The van der Waals surface area contributed by atoms with Crippen molar-refractivity contribution >= 4 is 0 Å². The van der Waals surface area contributed by atoms with Crippen LogP contribution in [-0.4, -0.2) is 44.3 Å². The van der Waals surface area contributed by atoms with Gasteiger partial charge in [-0.3, -0.25) is 0 Å². The molecule has 0 aromatic heterocycles. The van der Waals surface area contributed by atoms with Crippen molar-refractivity contribution in [2.45, 2.75) is 158 Å². The van der Waals surface area contributed by atoms with E-state index in [4.69, 9.17) is 6.58 Å². The molecule has 260 valence electrons. The Morgan fingerprint density at radius 3 is 2.13 bits per heavy atom. The molecule has 0 saturated heterocycles. The molecule has 4 N–H and O–H groups in total. The van der Waals surface area contributed by atoms with Crippen molar-refractivity contribution in [3.05, 3.63) is 12.2 Å². The molecule has 5 fully saturated rings. The van der Waals surface area contributed by atoms with Crippen LogP contribution in [0.4, 0.5) is 0 Å². The van der Waals surface area contributed by atoms with Gasteiger partial charge in [0.15, 0.2) is 0 Å². The predicted molar refractivity (Wildman–Crippen MR) is 185 cm³/mol. The van der Waals surface area contributed by atoms with Crippen LogP contribution in [0.2, 0.25) is 0 Å². The molecule has 0 bridgehead atoms. The van der Waals surface area contributed by atoms with Crippen molar-refractivity contribution in [2.24, 2.45) is 87.3 Å². The minimum absolute atomic E-state index is 0.0747. The second-order valence-corrected chi connectivity index (χ2v) is 19.7. The lowest BCUT2D eigenvalue weighted by Crippen LogP contribution is -2.79. The fraction of sp³-hybridized carbons (Fsp3) is 0.951. The summed E-state index contributed by atoms with van der Waals surface area (Å²) in [6.45, 7) is 30.1. The Balaban J connectivity index is 1.62. The Labute approximate surface area is 277 Å². The van der Waals surface area contributed by atoms with Gasteiger partial charge in [-0.05, 0) is 121 Å². The molecule has 5 saturated carbocycles. The van der Waals surface area contributed by atoms with E-state index in [2.05, 4.69) is 69.2 Å². The topological polar surface area (TPSA) is 80.9 Å². The Morgan fingerprint density at radius 2 is 1.53 bits per heavy atom. The van der Waals surface area contributed by atoms with E-state index in [0.717, 1.165) is 19.3 Å². The normalized spacial score (nSPS) is 53.2. The summed E-state index contributed by atoms with van der Waals surface area (Å²) in [5.74, 6) is 2.69. The molecule has 0 aromatic carbocycles. The van der Waals surface area contributed by atoms with Crippen molar-refractivity contribution in [3.8, 4) is 0 Å². The molecule has 0 heterocycles. The number of hydrogen-bond acceptors (Lipinski definition) is 4. The van der Waals surface area contributed by atoms with Gasteiger partial charge in [-0.15, -0.1) is 0 Å². The molecule has 18 atom stereocenters. The van der Waals surface area contributed by atoms with E-state index in [-0.39, 0.29) is 35.0 Å². The Kier molecular flexibility index (Phi) is 9.70. The quantitative estimate of drug-likeness (QED) is 0.222. The maximum atomic E-state index is 13.3. The molecule has 45 heavy (non-hydrogen) atoms. The molecule has 18 unspecified atom stereocenters. The molecule has 0 spiro atoms. The van der Waals surface area contributed by atoms with Crippen LogP contribution in [0.3, 0.4) is 0 Å². The van der Waals surface area contributed by atoms with Gasteiger partial charge in [0.25, 0.3) is 0 Å². The molecule has 5 aliphatic rings. The second-order valence-electron chi connectivity index (χ2n) is 19.7. The van der Waals surface area contributed by atoms with Crippen LogP contribution in [0.1, 0.15) is 134 Å². The van der Waals surface area contributed by atoms with Crippen molar-refractivity contribution < 1.29 is 20.4 Å². The predicted octanol–water partition coefficient (Wildman–Crippen LogP) is 8.51. The highest BCUT2D eigenvalue weighted by atomic mass is 16.3. The highest BCUT2D eigenvalue weighted by Crippen LogP contribution is 2.74. The summed E-state index contributed by atoms with van der Waals surface area (Å²) in [5, 5.41) is 49.0. The number of allylic oxidation sites excluding steroid dienone is 1. The Bertz CT molecular complexity index is 1080. The molecule has 0 radical (unpaired) electrons. The van der Waals surface area contributed by atoms with Crippen LogP contribution in [0.15, 0.2) is 12.2 Å². The largest absolute Gasteiger partial charge is 0.393 e. The summed E-state index contributed by atoms with van der Waals surface area (Å²) in [6, 6.07) is 0. The third kappa shape index (κ3) is 5.36. The third-order valence-electron chi connectivity index (χ3n) is 16.1. The van der Waals surface area contributed by atoms with Gasteiger partial charge >= 0.3 is 0 Å². The van der Waals surface area contributed by atoms with E-state index >= 15 is 0 Å². The van der Waals surface area contributed by atoms with Gasteiger partial charge in [-0.2, -0.15) is 0 Å². The summed E-state index contributed by atoms with van der Waals surface area (Å²) in [7, 11) is 0. The maximum absolute atomic E-state index is 13.3. The van der Waals surface area contributed by atoms with E-state index in [1.165, 1.54) is 44.1 Å². The summed E-state index contributed by atoms with van der Waals surface area (Å²) < 4.78 is 0. The van der Waals surface area contributed by atoms with E-state index in [1.807, 2.05) is 0 Å². The molecule has 0 amide bonds. The third-order valence-corrected chi connectivity index (χ3v) is 16.1.